The predicted octanol–water partition coefficient (Wildman–Crippen LogP) is 2.90. The molecule has 1 saturated heterocycles. The lowest BCUT2D eigenvalue weighted by Gasteiger charge is -2.38. The maximum absolute atomic E-state index is 9.99. The molecule has 3 heterocycles. The third-order valence-electron chi connectivity index (χ3n) is 5.73. The summed E-state index contributed by atoms with van der Waals surface area (Å²) in [6.45, 7) is 1.77. The van der Waals surface area contributed by atoms with E-state index in [1.165, 1.54) is 5.56 Å². The first kappa shape index (κ1) is 16.3. The van der Waals surface area contributed by atoms with Gasteiger partial charge in [-0.1, -0.05) is 6.07 Å². The summed E-state index contributed by atoms with van der Waals surface area (Å²) in [6.07, 6.45) is 4.88. The number of nitrogens with one attached hydrogen (secondary N) is 2. The molecular weight excluding hydrogens is 340 g/mol. The zero-order valence-corrected chi connectivity index (χ0v) is 14.9. The van der Waals surface area contributed by atoms with E-state index >= 15 is 0 Å². The molecule has 0 saturated carbocycles. The smallest absolute Gasteiger partial charge is 0.159 e. The molecule has 0 spiro atoms. The summed E-state index contributed by atoms with van der Waals surface area (Å²) in [5.41, 5.74) is 5.19. The highest BCUT2D eigenvalue weighted by Gasteiger charge is 2.32. The molecule has 2 atom stereocenters. The molecule has 138 valence electrons. The fraction of sp³-hybridized carbons (Fsp3) is 0.333. The molecule has 0 amide bonds. The maximum Gasteiger partial charge on any atom is 0.159 e. The zero-order chi connectivity index (χ0) is 18.4. The number of nitrogens with zero attached hydrogens (tertiary/aromatic N) is 2. The van der Waals surface area contributed by atoms with Crippen LogP contribution < -0.4 is 10.6 Å². The second-order valence-electron chi connectivity index (χ2n) is 7.41. The van der Waals surface area contributed by atoms with Gasteiger partial charge < -0.3 is 20.8 Å². The van der Waals surface area contributed by atoms with Crippen LogP contribution in [0.15, 0.2) is 36.5 Å². The quantitative estimate of drug-likeness (QED) is 0.534. The van der Waals surface area contributed by atoms with Gasteiger partial charge in [-0.15, -0.1) is 0 Å². The van der Waals surface area contributed by atoms with Crippen LogP contribution >= 0.6 is 0 Å². The van der Waals surface area contributed by atoms with Crippen LogP contribution in [0.2, 0.25) is 0 Å². The number of hydrogen-bond acceptors (Lipinski definition) is 6. The highest BCUT2D eigenvalue weighted by atomic mass is 16.3. The first-order chi connectivity index (χ1) is 13.2. The molecular formula is C21H22N4O2. The summed E-state index contributed by atoms with van der Waals surface area (Å²) in [7, 11) is 0. The number of fused-ring (bicyclic) bond motifs is 2. The van der Waals surface area contributed by atoms with Crippen LogP contribution in [0.3, 0.4) is 0 Å². The minimum Gasteiger partial charge on any atom is -0.504 e. The Bertz CT molecular complexity index is 1010. The third-order valence-corrected chi connectivity index (χ3v) is 5.73. The number of pyridine rings is 2. The molecule has 5 rings (SSSR count). The van der Waals surface area contributed by atoms with E-state index < -0.39 is 0 Å². The fourth-order valence-electron chi connectivity index (χ4n) is 4.22. The summed E-state index contributed by atoms with van der Waals surface area (Å²) in [5, 5.41) is 27.8. The van der Waals surface area contributed by atoms with Crippen molar-refractivity contribution in [3.05, 3.63) is 53.5 Å². The van der Waals surface area contributed by atoms with E-state index in [4.69, 9.17) is 4.98 Å². The van der Waals surface area contributed by atoms with Crippen LogP contribution in [0.5, 0.6) is 11.5 Å². The van der Waals surface area contributed by atoms with Crippen molar-refractivity contribution in [1.29, 1.82) is 0 Å². The van der Waals surface area contributed by atoms with Crippen molar-refractivity contribution >= 4 is 16.6 Å². The Morgan fingerprint density at radius 3 is 2.81 bits per heavy atom. The summed E-state index contributed by atoms with van der Waals surface area (Å²) < 4.78 is 0. The number of phenolic OH excluding ortho intramolecular Hbond substituents is 2. The average Bonchev–Trinajstić information content (AvgIpc) is 3.11. The van der Waals surface area contributed by atoms with Gasteiger partial charge in [0.25, 0.3) is 0 Å². The van der Waals surface area contributed by atoms with Crippen LogP contribution in [0.1, 0.15) is 29.4 Å². The van der Waals surface area contributed by atoms with Gasteiger partial charge in [0, 0.05) is 48.0 Å². The van der Waals surface area contributed by atoms with Gasteiger partial charge in [-0.3, -0.25) is 9.97 Å². The number of phenols is 2. The van der Waals surface area contributed by atoms with Crippen molar-refractivity contribution in [1.82, 2.24) is 15.3 Å². The van der Waals surface area contributed by atoms with Gasteiger partial charge >= 0.3 is 0 Å². The lowest BCUT2D eigenvalue weighted by molar-refractivity contribution is 0.244. The first-order valence-electron chi connectivity index (χ1n) is 9.46. The van der Waals surface area contributed by atoms with E-state index in [1.54, 1.807) is 12.1 Å². The Morgan fingerprint density at radius 1 is 1.15 bits per heavy atom. The number of rotatable bonds is 4. The van der Waals surface area contributed by atoms with Gasteiger partial charge in [0.05, 0.1) is 17.3 Å². The van der Waals surface area contributed by atoms with Gasteiger partial charge in [0.1, 0.15) is 0 Å². The highest BCUT2D eigenvalue weighted by Crippen LogP contribution is 2.39. The van der Waals surface area contributed by atoms with Crippen LogP contribution in [-0.2, 0) is 12.8 Å². The standard InChI is InChI=1S/C21H22N4O2/c26-18-8-14-17(9-19(18)27)25-15-6-3-4-13(15)21(14)24-11-12-10-23-20(12)16-5-1-2-7-22-16/h1-2,5,7-9,12,20,23,26-27H,3-4,6,10-11H2,(H,24,25)/t12?,20-/m1/s1. The van der Waals surface area contributed by atoms with Gasteiger partial charge in [-0.05, 0) is 43.0 Å². The number of benzene rings is 1. The Morgan fingerprint density at radius 2 is 2.04 bits per heavy atom. The molecule has 2 aliphatic rings. The van der Waals surface area contributed by atoms with E-state index in [2.05, 4.69) is 21.7 Å². The van der Waals surface area contributed by atoms with Crippen molar-refractivity contribution in [3.63, 3.8) is 0 Å². The van der Waals surface area contributed by atoms with Crippen molar-refractivity contribution in [2.45, 2.75) is 25.3 Å². The highest BCUT2D eigenvalue weighted by molar-refractivity contribution is 5.95. The molecule has 6 heteroatoms. The largest absolute Gasteiger partial charge is 0.504 e. The normalized spacial score (nSPS) is 21.0. The average molecular weight is 362 g/mol. The summed E-state index contributed by atoms with van der Waals surface area (Å²) in [5.74, 6) is 0.213. The number of hydrogen-bond donors (Lipinski definition) is 4. The van der Waals surface area contributed by atoms with Crippen molar-refractivity contribution in [2.75, 3.05) is 18.4 Å². The van der Waals surface area contributed by atoms with E-state index in [0.717, 1.165) is 60.3 Å². The second kappa shape index (κ2) is 6.39. The number of aromatic nitrogens is 2. The fourth-order valence-corrected chi connectivity index (χ4v) is 4.22. The minimum absolute atomic E-state index is 0.109. The van der Waals surface area contributed by atoms with Crippen LogP contribution in [0.4, 0.5) is 5.69 Å². The van der Waals surface area contributed by atoms with Crippen molar-refractivity contribution in [3.8, 4) is 11.5 Å². The lowest BCUT2D eigenvalue weighted by Crippen LogP contribution is -2.49. The Hall–Kier alpha value is -2.86. The molecule has 1 aliphatic carbocycles. The van der Waals surface area contributed by atoms with Gasteiger partial charge in [-0.2, -0.15) is 0 Å². The monoisotopic (exact) mass is 362 g/mol. The molecule has 6 nitrogen and oxygen atoms in total. The number of aromatic hydroxyl groups is 2. The molecule has 3 aromatic rings. The Kier molecular flexibility index (Phi) is 3.86. The van der Waals surface area contributed by atoms with Gasteiger partial charge in [0.15, 0.2) is 11.5 Å². The van der Waals surface area contributed by atoms with Crippen molar-refractivity contribution < 1.29 is 10.2 Å². The third kappa shape index (κ3) is 2.77. The maximum atomic E-state index is 9.99. The van der Waals surface area contributed by atoms with E-state index in [-0.39, 0.29) is 17.5 Å². The van der Waals surface area contributed by atoms with Crippen LogP contribution in [-0.4, -0.2) is 33.3 Å². The Balaban J connectivity index is 1.46. The molecule has 0 radical (unpaired) electrons. The number of anilines is 1. The molecule has 1 unspecified atom stereocenters. The molecule has 27 heavy (non-hydrogen) atoms. The lowest BCUT2D eigenvalue weighted by atomic mass is 9.88. The predicted molar refractivity (Wildman–Crippen MR) is 104 cm³/mol. The molecule has 1 aromatic carbocycles. The molecule has 1 aliphatic heterocycles. The van der Waals surface area contributed by atoms with E-state index in [1.807, 2.05) is 18.3 Å². The van der Waals surface area contributed by atoms with Crippen molar-refractivity contribution in [2.24, 2.45) is 5.92 Å². The second-order valence-corrected chi connectivity index (χ2v) is 7.41. The molecule has 2 aromatic heterocycles. The molecule has 1 fully saturated rings. The minimum atomic E-state index is -0.127. The zero-order valence-electron chi connectivity index (χ0n) is 14.9. The van der Waals surface area contributed by atoms with Gasteiger partial charge in [-0.25, -0.2) is 0 Å². The van der Waals surface area contributed by atoms with E-state index in [0.29, 0.717) is 5.92 Å². The topological polar surface area (TPSA) is 90.3 Å². The van der Waals surface area contributed by atoms with Crippen LogP contribution in [0.25, 0.3) is 10.9 Å². The summed E-state index contributed by atoms with van der Waals surface area (Å²) >= 11 is 0. The van der Waals surface area contributed by atoms with E-state index in [9.17, 15) is 10.2 Å². The number of aryl methyl sites for hydroxylation is 1. The summed E-state index contributed by atoms with van der Waals surface area (Å²) in [4.78, 5) is 9.18. The molecule has 0 bridgehead atoms. The SMILES string of the molecule is Oc1cc2nc3c(c(NCC4CN[C@H]4c4ccccn4)c2cc1O)CCC3. The summed E-state index contributed by atoms with van der Waals surface area (Å²) in [6, 6.07) is 9.45. The Labute approximate surface area is 157 Å². The first-order valence-corrected chi connectivity index (χ1v) is 9.46. The molecule has 4 N–H and O–H groups in total. The van der Waals surface area contributed by atoms with Gasteiger partial charge in [0.2, 0.25) is 0 Å². The van der Waals surface area contributed by atoms with Crippen LogP contribution in [0, 0.1) is 5.92 Å².